The lowest BCUT2D eigenvalue weighted by molar-refractivity contribution is 0.184. The fourth-order valence-electron chi connectivity index (χ4n) is 2.43. The molecule has 3 nitrogen and oxygen atoms in total. The molecule has 4 heteroatoms. The van der Waals surface area contributed by atoms with Crippen LogP contribution in [0.15, 0.2) is 48.5 Å². The van der Waals surface area contributed by atoms with E-state index in [1.54, 1.807) is 18.4 Å². The number of thiazole rings is 1. The second-order valence-corrected chi connectivity index (χ2v) is 6.09. The average Bonchev–Trinajstić information content (AvgIpc) is 2.93. The summed E-state index contributed by atoms with van der Waals surface area (Å²) >= 11 is 1.68. The predicted octanol–water partition coefficient (Wildman–Crippen LogP) is 3.69. The molecular weight excluding hydrogens is 280 g/mol. The first-order valence-electron chi connectivity index (χ1n) is 6.94. The second-order valence-electron chi connectivity index (χ2n) is 5.03. The van der Waals surface area contributed by atoms with Crippen molar-refractivity contribution in [3.05, 3.63) is 64.7 Å². The van der Waals surface area contributed by atoms with Crippen LogP contribution in [-0.2, 0) is 17.8 Å². The molecule has 0 spiro atoms. The molecule has 0 saturated carbocycles. The van der Waals surface area contributed by atoms with Crippen LogP contribution in [0.2, 0.25) is 0 Å². The zero-order valence-corrected chi connectivity index (χ0v) is 12.8. The summed E-state index contributed by atoms with van der Waals surface area (Å²) < 4.78 is 6.44. The van der Waals surface area contributed by atoms with Crippen LogP contribution in [0.3, 0.4) is 0 Å². The van der Waals surface area contributed by atoms with Gasteiger partial charge >= 0.3 is 0 Å². The van der Waals surface area contributed by atoms with Crippen LogP contribution in [0, 0.1) is 0 Å². The summed E-state index contributed by atoms with van der Waals surface area (Å²) in [4.78, 5) is 4.65. The molecule has 1 atom stereocenters. The number of benzene rings is 2. The third-order valence-electron chi connectivity index (χ3n) is 3.49. The number of hydrogen-bond donors (Lipinski definition) is 1. The average molecular weight is 298 g/mol. The summed E-state index contributed by atoms with van der Waals surface area (Å²) in [5, 5.41) is 0.989. The maximum atomic E-state index is 6.36. The van der Waals surface area contributed by atoms with Gasteiger partial charge in [0.15, 0.2) is 0 Å². The van der Waals surface area contributed by atoms with Crippen LogP contribution in [0.5, 0.6) is 0 Å². The third kappa shape index (κ3) is 3.13. The standard InChI is InChI=1S/C17H18N2OS/c1-20-11-13-7-3-2-6-12(13)10-14(18)17-19-15-8-4-5-9-16(15)21-17/h2-9,14H,10-11,18H2,1H3. The molecule has 0 saturated heterocycles. The van der Waals surface area contributed by atoms with Crippen LogP contribution < -0.4 is 5.73 Å². The fourth-order valence-corrected chi connectivity index (χ4v) is 3.39. The van der Waals surface area contributed by atoms with Crippen molar-refractivity contribution in [2.24, 2.45) is 5.73 Å². The SMILES string of the molecule is COCc1ccccc1CC(N)c1nc2ccccc2s1. The normalized spacial score (nSPS) is 12.7. The maximum absolute atomic E-state index is 6.36. The molecule has 0 aliphatic rings. The lowest BCUT2D eigenvalue weighted by atomic mass is 10.0. The molecule has 2 aromatic carbocycles. The van der Waals surface area contributed by atoms with Crippen LogP contribution in [0.4, 0.5) is 0 Å². The summed E-state index contributed by atoms with van der Waals surface area (Å²) in [5.74, 6) is 0. The van der Waals surface area contributed by atoms with Crippen molar-refractivity contribution in [1.82, 2.24) is 4.98 Å². The van der Waals surface area contributed by atoms with Gasteiger partial charge in [0, 0.05) is 7.11 Å². The topological polar surface area (TPSA) is 48.1 Å². The zero-order valence-electron chi connectivity index (χ0n) is 12.0. The number of methoxy groups -OCH3 is 1. The van der Waals surface area contributed by atoms with Crippen molar-refractivity contribution in [3.63, 3.8) is 0 Å². The molecular formula is C17H18N2OS. The van der Waals surface area contributed by atoms with Crippen LogP contribution in [-0.4, -0.2) is 12.1 Å². The van der Waals surface area contributed by atoms with Crippen molar-refractivity contribution in [2.45, 2.75) is 19.1 Å². The Labute approximate surface area is 128 Å². The van der Waals surface area contributed by atoms with Crippen molar-refractivity contribution in [3.8, 4) is 0 Å². The molecule has 0 fully saturated rings. The minimum absolute atomic E-state index is 0.0830. The van der Waals surface area contributed by atoms with E-state index in [1.165, 1.54) is 15.8 Å². The number of ether oxygens (including phenoxy) is 1. The molecule has 3 rings (SSSR count). The van der Waals surface area contributed by atoms with E-state index in [0.29, 0.717) is 6.61 Å². The van der Waals surface area contributed by atoms with Crippen molar-refractivity contribution < 1.29 is 4.74 Å². The molecule has 108 valence electrons. The van der Waals surface area contributed by atoms with E-state index in [1.807, 2.05) is 30.3 Å². The Kier molecular flexibility index (Phi) is 4.29. The van der Waals surface area contributed by atoms with Gasteiger partial charge in [0.1, 0.15) is 5.01 Å². The molecule has 0 aliphatic carbocycles. The van der Waals surface area contributed by atoms with Crippen molar-refractivity contribution >= 4 is 21.6 Å². The van der Waals surface area contributed by atoms with E-state index in [4.69, 9.17) is 10.5 Å². The summed E-state index contributed by atoms with van der Waals surface area (Å²) in [6.45, 7) is 0.614. The largest absolute Gasteiger partial charge is 0.380 e. The van der Waals surface area contributed by atoms with Gasteiger partial charge in [0.2, 0.25) is 0 Å². The summed E-state index contributed by atoms with van der Waals surface area (Å²) in [6, 6.07) is 16.3. The van der Waals surface area contributed by atoms with Crippen molar-refractivity contribution in [2.75, 3.05) is 7.11 Å². The summed E-state index contributed by atoms with van der Waals surface area (Å²) in [6.07, 6.45) is 0.777. The van der Waals surface area contributed by atoms with Crippen LogP contribution >= 0.6 is 11.3 Å². The van der Waals surface area contributed by atoms with Gasteiger partial charge in [0.05, 0.1) is 22.9 Å². The highest BCUT2D eigenvalue weighted by Gasteiger charge is 2.14. The van der Waals surface area contributed by atoms with Gasteiger partial charge in [-0.05, 0) is 29.7 Å². The Morgan fingerprint density at radius 2 is 1.81 bits per heavy atom. The lowest BCUT2D eigenvalue weighted by Gasteiger charge is -2.12. The third-order valence-corrected chi connectivity index (χ3v) is 4.65. The number of nitrogens with two attached hydrogens (primary N) is 1. The Hall–Kier alpha value is -1.75. The Bertz CT molecular complexity index is 705. The van der Waals surface area contributed by atoms with Gasteiger partial charge in [-0.3, -0.25) is 0 Å². The molecule has 3 aromatic rings. The van der Waals surface area contributed by atoms with Gasteiger partial charge in [0.25, 0.3) is 0 Å². The molecule has 0 radical (unpaired) electrons. The number of para-hydroxylation sites is 1. The lowest BCUT2D eigenvalue weighted by Crippen LogP contribution is -2.14. The van der Waals surface area contributed by atoms with E-state index in [2.05, 4.69) is 23.2 Å². The molecule has 1 unspecified atom stereocenters. The number of rotatable bonds is 5. The van der Waals surface area contributed by atoms with Gasteiger partial charge < -0.3 is 10.5 Å². The van der Waals surface area contributed by atoms with E-state index < -0.39 is 0 Å². The number of fused-ring (bicyclic) bond motifs is 1. The second kappa shape index (κ2) is 6.35. The van der Waals surface area contributed by atoms with Crippen molar-refractivity contribution in [1.29, 1.82) is 0 Å². The number of hydrogen-bond acceptors (Lipinski definition) is 4. The van der Waals surface area contributed by atoms with Gasteiger partial charge in [-0.15, -0.1) is 11.3 Å². The first kappa shape index (κ1) is 14.2. The quantitative estimate of drug-likeness (QED) is 0.781. The van der Waals surface area contributed by atoms with Gasteiger partial charge in [-0.1, -0.05) is 36.4 Å². The molecule has 1 heterocycles. The maximum Gasteiger partial charge on any atom is 0.111 e. The Morgan fingerprint density at radius 3 is 2.57 bits per heavy atom. The van der Waals surface area contributed by atoms with Gasteiger partial charge in [-0.2, -0.15) is 0 Å². The number of aromatic nitrogens is 1. The van der Waals surface area contributed by atoms with E-state index in [9.17, 15) is 0 Å². The number of nitrogens with zero attached hydrogens (tertiary/aromatic N) is 1. The molecule has 0 aliphatic heterocycles. The summed E-state index contributed by atoms with van der Waals surface area (Å²) in [7, 11) is 1.71. The highest BCUT2D eigenvalue weighted by Crippen LogP contribution is 2.27. The molecule has 0 bridgehead atoms. The molecule has 2 N–H and O–H groups in total. The monoisotopic (exact) mass is 298 g/mol. The predicted molar refractivity (Wildman–Crippen MR) is 87.4 cm³/mol. The minimum atomic E-state index is -0.0830. The van der Waals surface area contributed by atoms with Gasteiger partial charge in [-0.25, -0.2) is 4.98 Å². The van der Waals surface area contributed by atoms with E-state index in [0.717, 1.165) is 16.9 Å². The van der Waals surface area contributed by atoms with Crippen LogP contribution in [0.25, 0.3) is 10.2 Å². The summed E-state index contributed by atoms with van der Waals surface area (Å²) in [5.41, 5.74) is 9.81. The molecule has 1 aromatic heterocycles. The fraction of sp³-hybridized carbons (Fsp3) is 0.235. The highest BCUT2D eigenvalue weighted by molar-refractivity contribution is 7.18. The Balaban J connectivity index is 1.84. The Morgan fingerprint density at radius 1 is 1.10 bits per heavy atom. The first-order valence-corrected chi connectivity index (χ1v) is 7.76. The minimum Gasteiger partial charge on any atom is -0.380 e. The van der Waals surface area contributed by atoms with E-state index >= 15 is 0 Å². The highest BCUT2D eigenvalue weighted by atomic mass is 32.1. The van der Waals surface area contributed by atoms with E-state index in [-0.39, 0.29) is 6.04 Å². The first-order chi connectivity index (χ1) is 10.3. The molecule has 21 heavy (non-hydrogen) atoms. The smallest absolute Gasteiger partial charge is 0.111 e. The van der Waals surface area contributed by atoms with Crippen LogP contribution in [0.1, 0.15) is 22.2 Å². The molecule has 0 amide bonds. The zero-order chi connectivity index (χ0) is 14.7.